The first kappa shape index (κ1) is 16.7. The first-order valence-corrected chi connectivity index (χ1v) is 8.69. The Balaban J connectivity index is 1.65. The van der Waals surface area contributed by atoms with Crippen molar-refractivity contribution in [2.45, 2.75) is 31.5 Å². The number of H-pyrrole nitrogens is 1. The molecule has 26 heavy (non-hydrogen) atoms. The minimum absolute atomic E-state index is 0.0524. The summed E-state index contributed by atoms with van der Waals surface area (Å²) in [6.07, 6.45) is 10.5. The second-order valence-corrected chi connectivity index (χ2v) is 6.67. The van der Waals surface area contributed by atoms with E-state index in [1.165, 1.54) is 11.1 Å². The lowest BCUT2D eigenvalue weighted by Gasteiger charge is -2.28. The average molecular weight is 353 g/mol. The largest absolute Gasteiger partial charge is 0.470 e. The normalized spacial score (nSPS) is 30.3. The number of ether oxygens (including phenoxy) is 2. The summed E-state index contributed by atoms with van der Waals surface area (Å²) in [5.74, 6) is 0.798. The number of aromatic amines is 1. The lowest BCUT2D eigenvalue weighted by Crippen LogP contribution is -2.31. The van der Waals surface area contributed by atoms with Crippen LogP contribution in [-0.2, 0) is 9.47 Å². The highest BCUT2D eigenvalue weighted by Crippen LogP contribution is 2.35. The van der Waals surface area contributed by atoms with Crippen molar-refractivity contribution in [1.82, 2.24) is 20.9 Å². The van der Waals surface area contributed by atoms with Crippen molar-refractivity contribution in [3.8, 4) is 0 Å². The standard InChI is InChI=1S/C19H23N5O2/c1-4-17-16(9-22-24-17)15-7-20-18(14-8-21-23-11(14)2)5-13(15)6-19-12(3)25-10-26-19/h4-5,7-9,16-20,24H,1,3,6,10H2,2H3,(H,21,23). The summed E-state index contributed by atoms with van der Waals surface area (Å²) in [5, 5.41) is 14.9. The van der Waals surface area contributed by atoms with Gasteiger partial charge in [0.15, 0.2) is 6.79 Å². The average Bonchev–Trinajstić information content (AvgIpc) is 3.37. The fourth-order valence-electron chi connectivity index (χ4n) is 3.57. The number of aromatic nitrogens is 2. The highest BCUT2D eigenvalue weighted by Gasteiger charge is 2.33. The number of hydrogen-bond donors (Lipinski definition) is 3. The van der Waals surface area contributed by atoms with Gasteiger partial charge in [-0.3, -0.25) is 5.10 Å². The van der Waals surface area contributed by atoms with Crippen molar-refractivity contribution in [3.05, 3.63) is 65.9 Å². The van der Waals surface area contributed by atoms with Crippen LogP contribution in [0.5, 0.6) is 0 Å². The molecule has 0 aromatic carbocycles. The van der Waals surface area contributed by atoms with Gasteiger partial charge in [0.25, 0.3) is 0 Å². The van der Waals surface area contributed by atoms with Crippen LogP contribution < -0.4 is 10.7 Å². The minimum Gasteiger partial charge on any atom is -0.470 e. The predicted molar refractivity (Wildman–Crippen MR) is 99.1 cm³/mol. The molecule has 4 rings (SSSR count). The molecule has 0 bridgehead atoms. The second kappa shape index (κ2) is 6.84. The summed E-state index contributed by atoms with van der Waals surface area (Å²) in [6, 6.07) is 0.124. The number of nitrogens with one attached hydrogen (secondary N) is 3. The van der Waals surface area contributed by atoms with E-state index in [2.05, 4.69) is 51.5 Å². The van der Waals surface area contributed by atoms with Gasteiger partial charge in [0, 0.05) is 36.0 Å². The molecule has 0 aliphatic carbocycles. The Labute approximate surface area is 152 Å². The number of nitrogens with zero attached hydrogens (tertiary/aromatic N) is 2. The Kier molecular flexibility index (Phi) is 4.38. The van der Waals surface area contributed by atoms with E-state index in [1.54, 1.807) is 0 Å². The Hall–Kier alpha value is -2.80. The van der Waals surface area contributed by atoms with Crippen LogP contribution in [0.25, 0.3) is 0 Å². The van der Waals surface area contributed by atoms with Gasteiger partial charge in [-0.25, -0.2) is 0 Å². The Morgan fingerprint density at radius 1 is 1.42 bits per heavy atom. The molecule has 7 heteroatoms. The zero-order chi connectivity index (χ0) is 18.1. The third-order valence-corrected chi connectivity index (χ3v) is 5.10. The maximum Gasteiger partial charge on any atom is 0.189 e. The smallest absolute Gasteiger partial charge is 0.189 e. The molecule has 4 unspecified atom stereocenters. The fraction of sp³-hybridized carbons (Fsp3) is 0.368. The molecule has 3 N–H and O–H groups in total. The Morgan fingerprint density at radius 3 is 3.00 bits per heavy atom. The summed E-state index contributed by atoms with van der Waals surface area (Å²) in [4.78, 5) is 0. The van der Waals surface area contributed by atoms with Crippen molar-refractivity contribution in [3.63, 3.8) is 0 Å². The van der Waals surface area contributed by atoms with Gasteiger partial charge >= 0.3 is 0 Å². The molecule has 136 valence electrons. The molecule has 3 aliphatic heterocycles. The van der Waals surface area contributed by atoms with Crippen LogP contribution in [0.4, 0.5) is 0 Å². The van der Waals surface area contributed by atoms with E-state index in [-0.39, 0.29) is 30.9 Å². The van der Waals surface area contributed by atoms with Gasteiger partial charge in [0.05, 0.1) is 18.3 Å². The summed E-state index contributed by atoms with van der Waals surface area (Å²) >= 11 is 0. The van der Waals surface area contributed by atoms with Gasteiger partial charge in [0.1, 0.15) is 11.9 Å². The Bertz CT molecular complexity index is 807. The van der Waals surface area contributed by atoms with Crippen LogP contribution in [0, 0.1) is 12.8 Å². The van der Waals surface area contributed by atoms with Crippen LogP contribution in [0.3, 0.4) is 0 Å². The predicted octanol–water partition coefficient (Wildman–Crippen LogP) is 2.21. The van der Waals surface area contributed by atoms with Crippen molar-refractivity contribution >= 4 is 6.21 Å². The molecule has 7 nitrogen and oxygen atoms in total. The van der Waals surface area contributed by atoms with Gasteiger partial charge in [-0.05, 0) is 18.1 Å². The summed E-state index contributed by atoms with van der Waals surface area (Å²) in [6.45, 7) is 10.2. The highest BCUT2D eigenvalue weighted by atomic mass is 16.7. The molecule has 0 spiro atoms. The first-order valence-electron chi connectivity index (χ1n) is 8.69. The van der Waals surface area contributed by atoms with Gasteiger partial charge in [-0.2, -0.15) is 10.2 Å². The topological polar surface area (TPSA) is 83.6 Å². The summed E-state index contributed by atoms with van der Waals surface area (Å²) in [5.41, 5.74) is 7.63. The number of hydrazone groups is 1. The van der Waals surface area contributed by atoms with E-state index in [0.29, 0.717) is 12.2 Å². The van der Waals surface area contributed by atoms with Crippen LogP contribution in [0.1, 0.15) is 23.7 Å². The zero-order valence-electron chi connectivity index (χ0n) is 14.7. The molecule has 1 fully saturated rings. The van der Waals surface area contributed by atoms with Gasteiger partial charge < -0.3 is 20.2 Å². The number of aryl methyl sites for hydroxylation is 1. The van der Waals surface area contributed by atoms with Crippen LogP contribution in [0.2, 0.25) is 0 Å². The molecular weight excluding hydrogens is 330 g/mol. The third-order valence-electron chi connectivity index (χ3n) is 5.10. The van der Waals surface area contributed by atoms with E-state index in [0.717, 1.165) is 11.3 Å². The first-order chi connectivity index (χ1) is 12.7. The third kappa shape index (κ3) is 2.94. The second-order valence-electron chi connectivity index (χ2n) is 6.67. The maximum absolute atomic E-state index is 5.68. The maximum atomic E-state index is 5.68. The number of hydrogen-bond acceptors (Lipinski definition) is 6. The van der Waals surface area contributed by atoms with Crippen LogP contribution in [0.15, 0.2) is 59.7 Å². The lowest BCUT2D eigenvalue weighted by atomic mass is 9.83. The lowest BCUT2D eigenvalue weighted by molar-refractivity contribution is 0.0499. The van der Waals surface area contributed by atoms with Crippen LogP contribution in [-0.4, -0.2) is 35.4 Å². The zero-order valence-corrected chi connectivity index (χ0v) is 14.7. The van der Waals surface area contributed by atoms with Crippen molar-refractivity contribution < 1.29 is 9.47 Å². The van der Waals surface area contributed by atoms with Gasteiger partial charge in [-0.15, -0.1) is 6.58 Å². The molecule has 0 amide bonds. The van der Waals surface area contributed by atoms with Gasteiger partial charge in [0.2, 0.25) is 0 Å². The van der Waals surface area contributed by atoms with Crippen molar-refractivity contribution in [2.24, 2.45) is 11.0 Å². The highest BCUT2D eigenvalue weighted by molar-refractivity contribution is 5.71. The van der Waals surface area contributed by atoms with Gasteiger partial charge in [-0.1, -0.05) is 18.7 Å². The molecule has 0 saturated carbocycles. The monoisotopic (exact) mass is 353 g/mol. The van der Waals surface area contributed by atoms with Crippen molar-refractivity contribution in [2.75, 3.05) is 6.79 Å². The molecule has 3 aliphatic rings. The SMILES string of the molecule is C=CC1NN=CC1C1=CNC(c2cn[nH]c2C)C=C1CC1OCOC1=C. The Morgan fingerprint density at radius 2 is 2.31 bits per heavy atom. The van der Waals surface area contributed by atoms with Crippen LogP contribution >= 0.6 is 0 Å². The molecule has 1 saturated heterocycles. The molecule has 4 heterocycles. The molecular formula is C19H23N5O2. The molecule has 1 aromatic rings. The molecule has 4 atom stereocenters. The quantitative estimate of drug-likeness (QED) is 0.707. The van der Waals surface area contributed by atoms with E-state index in [1.807, 2.05) is 25.4 Å². The van der Waals surface area contributed by atoms with E-state index < -0.39 is 0 Å². The number of dihydropyridines is 1. The van der Waals surface area contributed by atoms with E-state index in [9.17, 15) is 0 Å². The molecule has 1 aromatic heterocycles. The van der Waals surface area contributed by atoms with Crippen molar-refractivity contribution in [1.29, 1.82) is 0 Å². The van der Waals surface area contributed by atoms with E-state index >= 15 is 0 Å². The fourth-order valence-corrected chi connectivity index (χ4v) is 3.57. The summed E-state index contributed by atoms with van der Waals surface area (Å²) in [7, 11) is 0. The number of rotatable bonds is 5. The van der Waals surface area contributed by atoms with E-state index in [4.69, 9.17) is 9.47 Å². The summed E-state index contributed by atoms with van der Waals surface area (Å²) < 4.78 is 11.1. The minimum atomic E-state index is -0.137. The molecule has 0 radical (unpaired) electrons.